The SMILES string of the molecule is Cc1cn(-c2cccc(C(F)(F)F)c2N)cn1. The highest BCUT2D eigenvalue weighted by atomic mass is 19.4. The van der Waals surface area contributed by atoms with E-state index in [0.29, 0.717) is 5.69 Å². The van der Waals surface area contributed by atoms with Gasteiger partial charge in [0.2, 0.25) is 0 Å². The predicted molar refractivity (Wildman–Crippen MR) is 57.7 cm³/mol. The third kappa shape index (κ3) is 2.11. The van der Waals surface area contributed by atoms with Crippen molar-refractivity contribution in [1.82, 2.24) is 9.55 Å². The van der Waals surface area contributed by atoms with Crippen LogP contribution in [0.3, 0.4) is 0 Å². The second-order valence-corrected chi connectivity index (χ2v) is 3.66. The number of aryl methyl sites for hydroxylation is 1. The number of para-hydroxylation sites is 1. The standard InChI is InChI=1S/C11H10F3N3/c1-7-5-17(6-16-7)9-4-2-3-8(10(9)15)11(12,13)14/h2-6H,15H2,1H3. The molecular weight excluding hydrogens is 231 g/mol. The van der Waals surface area contributed by atoms with E-state index < -0.39 is 11.7 Å². The van der Waals surface area contributed by atoms with E-state index in [9.17, 15) is 13.2 Å². The minimum absolute atomic E-state index is 0.278. The summed E-state index contributed by atoms with van der Waals surface area (Å²) in [6.45, 7) is 1.75. The molecule has 0 spiro atoms. The van der Waals surface area contributed by atoms with E-state index in [-0.39, 0.29) is 11.4 Å². The monoisotopic (exact) mass is 241 g/mol. The normalized spacial score (nSPS) is 11.8. The van der Waals surface area contributed by atoms with Gasteiger partial charge in [-0.05, 0) is 19.1 Å². The zero-order valence-electron chi connectivity index (χ0n) is 8.99. The maximum Gasteiger partial charge on any atom is 0.418 e. The summed E-state index contributed by atoms with van der Waals surface area (Å²) in [4.78, 5) is 3.95. The lowest BCUT2D eigenvalue weighted by atomic mass is 10.1. The van der Waals surface area contributed by atoms with Crippen LogP contribution in [-0.4, -0.2) is 9.55 Å². The van der Waals surface area contributed by atoms with E-state index in [4.69, 9.17) is 5.73 Å². The second kappa shape index (κ2) is 3.80. The number of benzene rings is 1. The third-order valence-electron chi connectivity index (χ3n) is 2.38. The van der Waals surface area contributed by atoms with Gasteiger partial charge >= 0.3 is 6.18 Å². The summed E-state index contributed by atoms with van der Waals surface area (Å²) < 4.78 is 39.4. The largest absolute Gasteiger partial charge is 0.418 e. The maximum atomic E-state index is 12.6. The zero-order chi connectivity index (χ0) is 12.6. The molecule has 2 N–H and O–H groups in total. The van der Waals surface area contributed by atoms with Crippen LogP contribution in [0.15, 0.2) is 30.7 Å². The fourth-order valence-corrected chi connectivity index (χ4v) is 1.58. The van der Waals surface area contributed by atoms with Gasteiger partial charge in [-0.3, -0.25) is 0 Å². The molecule has 17 heavy (non-hydrogen) atoms. The molecule has 0 fully saturated rings. The molecule has 6 heteroatoms. The quantitative estimate of drug-likeness (QED) is 0.780. The van der Waals surface area contributed by atoms with Gasteiger partial charge in [-0.15, -0.1) is 0 Å². The number of rotatable bonds is 1. The molecule has 2 rings (SSSR count). The van der Waals surface area contributed by atoms with Crippen molar-refractivity contribution in [2.45, 2.75) is 13.1 Å². The van der Waals surface area contributed by atoms with E-state index in [2.05, 4.69) is 4.98 Å². The van der Waals surface area contributed by atoms with Gasteiger partial charge in [0.15, 0.2) is 0 Å². The molecule has 0 amide bonds. The first-order chi connectivity index (χ1) is 7.89. The fraction of sp³-hybridized carbons (Fsp3) is 0.182. The molecule has 90 valence electrons. The van der Waals surface area contributed by atoms with Gasteiger partial charge in [0.25, 0.3) is 0 Å². The number of anilines is 1. The molecule has 0 bridgehead atoms. The second-order valence-electron chi connectivity index (χ2n) is 3.66. The molecule has 0 radical (unpaired) electrons. The molecule has 0 aliphatic heterocycles. The Kier molecular flexibility index (Phi) is 2.57. The Morgan fingerprint density at radius 3 is 2.53 bits per heavy atom. The lowest BCUT2D eigenvalue weighted by Crippen LogP contribution is -2.11. The van der Waals surface area contributed by atoms with Crippen molar-refractivity contribution in [2.24, 2.45) is 0 Å². The summed E-state index contributed by atoms with van der Waals surface area (Å²) in [5, 5.41) is 0. The number of halogens is 3. The molecule has 1 heterocycles. The van der Waals surface area contributed by atoms with Crippen molar-refractivity contribution in [3.05, 3.63) is 42.0 Å². The number of hydrogen-bond donors (Lipinski definition) is 1. The summed E-state index contributed by atoms with van der Waals surface area (Å²) in [6.07, 6.45) is -1.40. The van der Waals surface area contributed by atoms with Gasteiger partial charge in [0.05, 0.1) is 29.0 Å². The van der Waals surface area contributed by atoms with Crippen molar-refractivity contribution < 1.29 is 13.2 Å². The highest BCUT2D eigenvalue weighted by Crippen LogP contribution is 2.36. The van der Waals surface area contributed by atoms with Crippen LogP contribution in [0.25, 0.3) is 5.69 Å². The minimum Gasteiger partial charge on any atom is -0.397 e. The topological polar surface area (TPSA) is 43.8 Å². The number of hydrogen-bond acceptors (Lipinski definition) is 2. The molecule has 3 nitrogen and oxygen atoms in total. The van der Waals surface area contributed by atoms with E-state index >= 15 is 0 Å². The van der Waals surface area contributed by atoms with Crippen LogP contribution in [0.5, 0.6) is 0 Å². The molecule has 0 unspecified atom stereocenters. The van der Waals surface area contributed by atoms with Crippen LogP contribution in [0.2, 0.25) is 0 Å². The van der Waals surface area contributed by atoms with Gasteiger partial charge in [-0.25, -0.2) is 4.98 Å². The summed E-state index contributed by atoms with van der Waals surface area (Å²) in [5.41, 5.74) is 5.40. The van der Waals surface area contributed by atoms with Crippen molar-refractivity contribution >= 4 is 5.69 Å². The smallest absolute Gasteiger partial charge is 0.397 e. The molecule has 0 aliphatic rings. The van der Waals surface area contributed by atoms with Crippen molar-refractivity contribution in [3.8, 4) is 5.69 Å². The van der Waals surface area contributed by atoms with Crippen LogP contribution in [0.1, 0.15) is 11.3 Å². The Hall–Kier alpha value is -1.98. The molecule has 0 atom stereocenters. The van der Waals surface area contributed by atoms with Crippen molar-refractivity contribution in [1.29, 1.82) is 0 Å². The first-order valence-corrected chi connectivity index (χ1v) is 4.86. The van der Waals surface area contributed by atoms with Crippen molar-refractivity contribution in [3.63, 3.8) is 0 Å². The van der Waals surface area contributed by atoms with Crippen LogP contribution in [0, 0.1) is 6.92 Å². The minimum atomic E-state index is -4.45. The molecule has 0 aliphatic carbocycles. The first-order valence-electron chi connectivity index (χ1n) is 4.86. The van der Waals surface area contributed by atoms with E-state index in [1.807, 2.05) is 0 Å². The molecule has 1 aromatic carbocycles. The highest BCUT2D eigenvalue weighted by molar-refractivity contribution is 5.63. The number of nitrogens with zero attached hydrogens (tertiary/aromatic N) is 2. The first kappa shape index (κ1) is 11.5. The summed E-state index contributed by atoms with van der Waals surface area (Å²) in [6, 6.07) is 3.80. The number of aromatic nitrogens is 2. The van der Waals surface area contributed by atoms with Crippen molar-refractivity contribution in [2.75, 3.05) is 5.73 Å². The van der Waals surface area contributed by atoms with Gasteiger partial charge in [0.1, 0.15) is 0 Å². The Bertz CT molecular complexity index is 543. The molecule has 0 saturated heterocycles. The average Bonchev–Trinajstić information content (AvgIpc) is 2.63. The predicted octanol–water partition coefficient (Wildman–Crippen LogP) is 2.78. The average molecular weight is 241 g/mol. The van der Waals surface area contributed by atoms with Crippen LogP contribution in [-0.2, 0) is 6.18 Å². The Morgan fingerprint density at radius 2 is 2.00 bits per heavy atom. The van der Waals surface area contributed by atoms with Gasteiger partial charge in [-0.2, -0.15) is 13.2 Å². The summed E-state index contributed by atoms with van der Waals surface area (Å²) >= 11 is 0. The Labute approximate surface area is 95.7 Å². The van der Waals surface area contributed by atoms with E-state index in [1.54, 1.807) is 13.1 Å². The van der Waals surface area contributed by atoms with Gasteiger partial charge in [0, 0.05) is 6.20 Å². The lowest BCUT2D eigenvalue weighted by molar-refractivity contribution is -0.136. The number of alkyl halides is 3. The molecule has 0 saturated carbocycles. The Balaban J connectivity index is 2.57. The number of nitrogens with two attached hydrogens (primary N) is 1. The van der Waals surface area contributed by atoms with Crippen LogP contribution >= 0.6 is 0 Å². The lowest BCUT2D eigenvalue weighted by Gasteiger charge is -2.13. The fourth-order valence-electron chi connectivity index (χ4n) is 1.58. The maximum absolute atomic E-state index is 12.6. The van der Waals surface area contributed by atoms with E-state index in [1.165, 1.54) is 23.0 Å². The van der Waals surface area contributed by atoms with Gasteiger partial charge in [-0.1, -0.05) is 6.07 Å². The third-order valence-corrected chi connectivity index (χ3v) is 2.38. The van der Waals surface area contributed by atoms with E-state index in [0.717, 1.165) is 6.07 Å². The van der Waals surface area contributed by atoms with Gasteiger partial charge < -0.3 is 10.3 Å². The molecule has 2 aromatic rings. The molecular formula is C11H10F3N3. The Morgan fingerprint density at radius 1 is 1.29 bits per heavy atom. The number of nitrogen functional groups attached to an aromatic ring is 1. The molecule has 1 aromatic heterocycles. The highest BCUT2D eigenvalue weighted by Gasteiger charge is 2.33. The zero-order valence-corrected chi connectivity index (χ0v) is 8.99. The van der Waals surface area contributed by atoms with Crippen LogP contribution in [0.4, 0.5) is 18.9 Å². The number of imidazole rings is 1. The van der Waals surface area contributed by atoms with Crippen LogP contribution < -0.4 is 5.73 Å². The summed E-state index contributed by atoms with van der Waals surface area (Å²) in [7, 11) is 0. The summed E-state index contributed by atoms with van der Waals surface area (Å²) in [5.74, 6) is 0.